The number of aryl methyl sites for hydroxylation is 2. The van der Waals surface area contributed by atoms with Crippen LogP contribution >= 0.6 is 0 Å². The van der Waals surface area contributed by atoms with E-state index in [4.69, 9.17) is 5.73 Å². The Morgan fingerprint density at radius 2 is 2.05 bits per heavy atom. The monoisotopic (exact) mass is 272 g/mol. The van der Waals surface area contributed by atoms with Crippen molar-refractivity contribution in [3.05, 3.63) is 51.9 Å². The largest absolute Gasteiger partial charge is 0.397 e. The number of anilines is 2. The van der Waals surface area contributed by atoms with Crippen molar-refractivity contribution in [2.24, 2.45) is 0 Å². The highest BCUT2D eigenvalue weighted by Gasteiger charge is 2.08. The van der Waals surface area contributed by atoms with Crippen molar-refractivity contribution in [3.63, 3.8) is 0 Å². The first kappa shape index (κ1) is 13.8. The fraction of sp³-hybridized carbons (Fsp3) is 0.214. The van der Waals surface area contributed by atoms with Crippen LogP contribution in [-0.2, 0) is 11.3 Å². The summed E-state index contributed by atoms with van der Waals surface area (Å²) >= 11 is 0. The van der Waals surface area contributed by atoms with Gasteiger partial charge >= 0.3 is 0 Å². The summed E-state index contributed by atoms with van der Waals surface area (Å²) in [5, 5.41) is 6.57. The van der Waals surface area contributed by atoms with E-state index in [0.717, 1.165) is 15.8 Å². The molecule has 0 fully saturated rings. The standard InChI is InChI=1S/C14H16N4O2/c1-9-3-4-12(11(15)5-9)17-13(19)8-18-14(20)6-10(2)7-16-18/h3-7H,8,15H2,1-2H3,(H,17,19). The first-order valence-electron chi connectivity index (χ1n) is 6.15. The van der Waals surface area contributed by atoms with Gasteiger partial charge < -0.3 is 11.1 Å². The van der Waals surface area contributed by atoms with Crippen LogP contribution in [0.5, 0.6) is 0 Å². The number of aromatic nitrogens is 2. The molecule has 2 rings (SSSR count). The van der Waals surface area contributed by atoms with Crippen molar-refractivity contribution >= 4 is 17.3 Å². The van der Waals surface area contributed by atoms with Crippen LogP contribution in [0.1, 0.15) is 11.1 Å². The van der Waals surface area contributed by atoms with E-state index in [9.17, 15) is 9.59 Å². The molecule has 0 bridgehead atoms. The second-order valence-electron chi connectivity index (χ2n) is 4.67. The summed E-state index contributed by atoms with van der Waals surface area (Å²) in [7, 11) is 0. The van der Waals surface area contributed by atoms with Gasteiger partial charge in [0.15, 0.2) is 0 Å². The SMILES string of the molecule is Cc1ccc(NC(=O)Cn2ncc(C)cc2=O)c(N)c1. The number of nitrogens with zero attached hydrogens (tertiary/aromatic N) is 2. The quantitative estimate of drug-likeness (QED) is 0.818. The molecule has 104 valence electrons. The van der Waals surface area contributed by atoms with Gasteiger partial charge in [-0.05, 0) is 37.1 Å². The predicted octanol–water partition coefficient (Wildman–Crippen LogP) is 1.08. The molecule has 0 spiro atoms. The molecule has 0 radical (unpaired) electrons. The number of nitrogens with one attached hydrogen (secondary N) is 1. The minimum Gasteiger partial charge on any atom is -0.397 e. The molecule has 1 aromatic carbocycles. The first-order valence-corrected chi connectivity index (χ1v) is 6.15. The summed E-state index contributed by atoms with van der Waals surface area (Å²) < 4.78 is 1.10. The Bertz CT molecular complexity index is 707. The second-order valence-corrected chi connectivity index (χ2v) is 4.67. The van der Waals surface area contributed by atoms with Gasteiger partial charge in [0.1, 0.15) is 6.54 Å². The molecule has 2 aromatic rings. The fourth-order valence-corrected chi connectivity index (χ4v) is 1.76. The number of benzene rings is 1. The smallest absolute Gasteiger partial charge is 0.267 e. The molecule has 0 aliphatic carbocycles. The Kier molecular flexibility index (Phi) is 3.84. The van der Waals surface area contributed by atoms with E-state index in [-0.39, 0.29) is 18.0 Å². The Hall–Kier alpha value is -2.63. The molecule has 6 nitrogen and oxygen atoms in total. The highest BCUT2D eigenvalue weighted by Crippen LogP contribution is 2.19. The summed E-state index contributed by atoms with van der Waals surface area (Å²) in [6.45, 7) is 3.54. The van der Waals surface area contributed by atoms with Crippen molar-refractivity contribution in [3.8, 4) is 0 Å². The summed E-state index contributed by atoms with van der Waals surface area (Å²) in [6, 6.07) is 6.78. The number of carbonyl (C=O) groups excluding carboxylic acids is 1. The Morgan fingerprint density at radius 3 is 2.70 bits per heavy atom. The van der Waals surface area contributed by atoms with Crippen molar-refractivity contribution in [2.45, 2.75) is 20.4 Å². The molecule has 0 aliphatic heterocycles. The van der Waals surface area contributed by atoms with Gasteiger partial charge in [0.25, 0.3) is 5.56 Å². The lowest BCUT2D eigenvalue weighted by Gasteiger charge is -2.09. The minimum atomic E-state index is -0.348. The highest BCUT2D eigenvalue weighted by atomic mass is 16.2. The Labute approximate surface area is 116 Å². The maximum atomic E-state index is 11.9. The molecule has 6 heteroatoms. The van der Waals surface area contributed by atoms with Crippen LogP contribution in [0.15, 0.2) is 35.3 Å². The number of amides is 1. The average Bonchev–Trinajstić information content (AvgIpc) is 2.36. The Balaban J connectivity index is 2.11. The van der Waals surface area contributed by atoms with Crippen LogP contribution in [0.3, 0.4) is 0 Å². The lowest BCUT2D eigenvalue weighted by atomic mass is 10.2. The normalized spacial score (nSPS) is 10.3. The third kappa shape index (κ3) is 3.23. The lowest BCUT2D eigenvalue weighted by Crippen LogP contribution is -2.29. The second kappa shape index (κ2) is 5.56. The number of carbonyl (C=O) groups is 1. The zero-order valence-corrected chi connectivity index (χ0v) is 11.4. The van der Waals surface area contributed by atoms with E-state index in [1.807, 2.05) is 13.0 Å². The van der Waals surface area contributed by atoms with E-state index in [1.165, 1.54) is 12.3 Å². The van der Waals surface area contributed by atoms with E-state index in [1.54, 1.807) is 19.1 Å². The molecule has 3 N–H and O–H groups in total. The van der Waals surface area contributed by atoms with Gasteiger partial charge in [-0.15, -0.1) is 0 Å². The molecule has 0 saturated carbocycles. The van der Waals surface area contributed by atoms with Crippen LogP contribution in [0.4, 0.5) is 11.4 Å². The number of nitrogens with two attached hydrogens (primary N) is 1. The first-order chi connectivity index (χ1) is 9.45. The third-order valence-corrected chi connectivity index (χ3v) is 2.78. The predicted molar refractivity (Wildman–Crippen MR) is 77.5 cm³/mol. The fourth-order valence-electron chi connectivity index (χ4n) is 1.76. The van der Waals surface area contributed by atoms with Gasteiger partial charge in [-0.2, -0.15) is 5.10 Å². The van der Waals surface area contributed by atoms with Crippen LogP contribution in [0.25, 0.3) is 0 Å². The topological polar surface area (TPSA) is 90.0 Å². The summed E-state index contributed by atoms with van der Waals surface area (Å²) in [4.78, 5) is 23.5. The molecule has 1 heterocycles. The van der Waals surface area contributed by atoms with E-state index in [0.29, 0.717) is 11.4 Å². The molecule has 20 heavy (non-hydrogen) atoms. The van der Waals surface area contributed by atoms with Crippen molar-refractivity contribution in [2.75, 3.05) is 11.1 Å². The van der Waals surface area contributed by atoms with Gasteiger partial charge in [-0.3, -0.25) is 9.59 Å². The Morgan fingerprint density at radius 1 is 1.30 bits per heavy atom. The minimum absolute atomic E-state index is 0.146. The van der Waals surface area contributed by atoms with E-state index >= 15 is 0 Å². The molecule has 0 unspecified atom stereocenters. The molecular weight excluding hydrogens is 256 g/mol. The van der Waals surface area contributed by atoms with E-state index in [2.05, 4.69) is 10.4 Å². The maximum Gasteiger partial charge on any atom is 0.267 e. The summed E-state index contributed by atoms with van der Waals surface area (Å²) in [5.41, 5.74) is 8.29. The van der Waals surface area contributed by atoms with E-state index < -0.39 is 0 Å². The molecule has 0 atom stereocenters. The van der Waals surface area contributed by atoms with Crippen molar-refractivity contribution < 1.29 is 4.79 Å². The van der Waals surface area contributed by atoms with Gasteiger partial charge in [0.05, 0.1) is 17.6 Å². The maximum absolute atomic E-state index is 11.9. The van der Waals surface area contributed by atoms with Gasteiger partial charge in [-0.25, -0.2) is 4.68 Å². The number of hydrogen-bond acceptors (Lipinski definition) is 4. The number of rotatable bonds is 3. The number of hydrogen-bond donors (Lipinski definition) is 2. The van der Waals surface area contributed by atoms with Gasteiger partial charge in [0, 0.05) is 6.07 Å². The number of nitrogen functional groups attached to an aromatic ring is 1. The molecule has 0 aliphatic rings. The van der Waals surface area contributed by atoms with Crippen LogP contribution in [0.2, 0.25) is 0 Å². The third-order valence-electron chi connectivity index (χ3n) is 2.78. The van der Waals surface area contributed by atoms with Gasteiger partial charge in [-0.1, -0.05) is 6.07 Å². The zero-order valence-electron chi connectivity index (χ0n) is 11.4. The van der Waals surface area contributed by atoms with Gasteiger partial charge in [0.2, 0.25) is 5.91 Å². The zero-order chi connectivity index (χ0) is 14.7. The molecule has 1 amide bonds. The lowest BCUT2D eigenvalue weighted by molar-refractivity contribution is -0.117. The van der Waals surface area contributed by atoms with Crippen LogP contribution in [0, 0.1) is 13.8 Å². The van der Waals surface area contributed by atoms with Crippen LogP contribution < -0.4 is 16.6 Å². The summed E-state index contributed by atoms with van der Waals surface area (Å²) in [5.74, 6) is -0.348. The molecule has 0 saturated heterocycles. The highest BCUT2D eigenvalue weighted by molar-refractivity contribution is 5.93. The van der Waals surface area contributed by atoms with Crippen LogP contribution in [-0.4, -0.2) is 15.7 Å². The summed E-state index contributed by atoms with van der Waals surface area (Å²) in [6.07, 6.45) is 1.54. The van der Waals surface area contributed by atoms with Crippen molar-refractivity contribution in [1.82, 2.24) is 9.78 Å². The molecule has 1 aromatic heterocycles. The average molecular weight is 272 g/mol. The van der Waals surface area contributed by atoms with Crippen molar-refractivity contribution in [1.29, 1.82) is 0 Å². The molecular formula is C14H16N4O2.